The highest BCUT2D eigenvalue weighted by molar-refractivity contribution is 5.63. The fourth-order valence-electron chi connectivity index (χ4n) is 0.659. The van der Waals surface area contributed by atoms with E-state index in [4.69, 9.17) is 0 Å². The van der Waals surface area contributed by atoms with Gasteiger partial charge in [0.25, 0.3) is 0 Å². The molecule has 11 heavy (non-hydrogen) atoms. The molecule has 0 atom stereocenters. The maximum atomic E-state index is 3.90. The Hall–Kier alpha value is -1.76. The van der Waals surface area contributed by atoms with Gasteiger partial charge in [0.15, 0.2) is 11.2 Å². The minimum Gasteiger partial charge on any atom is -0.218 e. The SMILES string of the molecule is C1=NNNN1[n+]1ncccn1. The molecule has 0 amide bonds. The minimum atomic E-state index is 1.35. The molecular weight excluding hydrogens is 146 g/mol. The lowest BCUT2D eigenvalue weighted by Gasteiger charge is -1.98. The van der Waals surface area contributed by atoms with Gasteiger partial charge < -0.3 is 0 Å². The molecule has 0 saturated carbocycles. The first-order valence-corrected chi connectivity index (χ1v) is 3.00. The number of hydrazine groups is 2. The molecule has 56 valence electrons. The highest BCUT2D eigenvalue weighted by Crippen LogP contribution is 1.69. The van der Waals surface area contributed by atoms with Crippen LogP contribution < -0.4 is 21.1 Å². The predicted octanol–water partition coefficient (Wildman–Crippen LogP) is -2.33. The molecule has 0 aromatic carbocycles. The van der Waals surface area contributed by atoms with Crippen LogP contribution in [-0.4, -0.2) is 16.5 Å². The Kier molecular flexibility index (Phi) is 1.34. The number of hydrogen-bond donors (Lipinski definition) is 2. The van der Waals surface area contributed by atoms with Gasteiger partial charge in [-0.25, -0.2) is 5.53 Å². The van der Waals surface area contributed by atoms with Gasteiger partial charge in [0, 0.05) is 5.12 Å². The fourth-order valence-corrected chi connectivity index (χ4v) is 0.659. The van der Waals surface area contributed by atoms with Crippen molar-refractivity contribution in [3.05, 3.63) is 18.5 Å². The highest BCUT2D eigenvalue weighted by atomic mass is 16.0. The summed E-state index contributed by atoms with van der Waals surface area (Å²) in [6.07, 6.45) is 4.77. The molecule has 0 saturated heterocycles. The minimum absolute atomic E-state index is 1.35. The molecule has 2 rings (SSSR count). The summed E-state index contributed by atoms with van der Waals surface area (Å²) >= 11 is 0. The molecule has 1 aliphatic heterocycles. The quantitative estimate of drug-likeness (QED) is 0.442. The number of aromatic nitrogens is 3. The Morgan fingerprint density at radius 2 is 2.09 bits per heavy atom. The van der Waals surface area contributed by atoms with E-state index < -0.39 is 0 Å². The van der Waals surface area contributed by atoms with Gasteiger partial charge in [0.05, 0.1) is 10.2 Å². The molecule has 2 heterocycles. The van der Waals surface area contributed by atoms with Crippen molar-refractivity contribution in [1.82, 2.24) is 21.3 Å². The van der Waals surface area contributed by atoms with E-state index in [0.29, 0.717) is 0 Å². The average Bonchev–Trinajstić information content (AvgIpc) is 2.58. The molecular formula is C4H6N7+. The van der Waals surface area contributed by atoms with E-state index in [2.05, 4.69) is 26.4 Å². The van der Waals surface area contributed by atoms with Crippen LogP contribution in [0.25, 0.3) is 0 Å². The summed E-state index contributed by atoms with van der Waals surface area (Å²) < 4.78 is 0. The molecule has 7 nitrogen and oxygen atoms in total. The molecule has 0 spiro atoms. The average molecular weight is 152 g/mol. The van der Waals surface area contributed by atoms with Gasteiger partial charge in [-0.05, 0) is 6.07 Å². The number of nitrogens with zero attached hydrogens (tertiary/aromatic N) is 5. The zero-order valence-electron chi connectivity index (χ0n) is 5.55. The normalized spacial score (nSPS) is 15.1. The Morgan fingerprint density at radius 1 is 1.27 bits per heavy atom. The first kappa shape index (κ1) is 5.98. The first-order valence-electron chi connectivity index (χ1n) is 3.00. The monoisotopic (exact) mass is 152 g/mol. The smallest absolute Gasteiger partial charge is 0.200 e. The van der Waals surface area contributed by atoms with Gasteiger partial charge in [0.1, 0.15) is 12.4 Å². The zero-order chi connectivity index (χ0) is 7.52. The van der Waals surface area contributed by atoms with E-state index in [0.717, 1.165) is 0 Å². The van der Waals surface area contributed by atoms with E-state index in [1.807, 2.05) is 0 Å². The topological polar surface area (TPSA) is 69.3 Å². The van der Waals surface area contributed by atoms with Crippen LogP contribution in [0, 0.1) is 0 Å². The zero-order valence-corrected chi connectivity index (χ0v) is 5.55. The van der Waals surface area contributed by atoms with Gasteiger partial charge in [-0.1, -0.05) is 5.53 Å². The van der Waals surface area contributed by atoms with Crippen LogP contribution in [0.4, 0.5) is 0 Å². The largest absolute Gasteiger partial charge is 0.218 e. The molecule has 0 radical (unpaired) electrons. The molecule has 1 aromatic rings. The van der Waals surface area contributed by atoms with E-state index >= 15 is 0 Å². The van der Waals surface area contributed by atoms with Crippen LogP contribution in [0.1, 0.15) is 0 Å². The van der Waals surface area contributed by atoms with Crippen LogP contribution in [0.5, 0.6) is 0 Å². The third-order valence-corrected chi connectivity index (χ3v) is 1.10. The third-order valence-electron chi connectivity index (χ3n) is 1.10. The molecule has 7 heteroatoms. The van der Waals surface area contributed by atoms with Crippen molar-refractivity contribution in [2.24, 2.45) is 5.10 Å². The van der Waals surface area contributed by atoms with Crippen molar-refractivity contribution < 1.29 is 4.91 Å². The fraction of sp³-hybridized carbons (Fsp3) is 0. The molecule has 0 unspecified atom stereocenters. The van der Waals surface area contributed by atoms with E-state index in [1.54, 1.807) is 18.5 Å². The maximum absolute atomic E-state index is 3.90. The highest BCUT2D eigenvalue weighted by Gasteiger charge is 2.16. The number of rotatable bonds is 1. The lowest BCUT2D eigenvalue weighted by Crippen LogP contribution is -2.67. The number of hydrazone groups is 1. The van der Waals surface area contributed by atoms with Crippen LogP contribution in [0.2, 0.25) is 0 Å². The second kappa shape index (κ2) is 2.46. The van der Waals surface area contributed by atoms with Gasteiger partial charge in [-0.3, -0.25) is 0 Å². The first-order chi connectivity index (χ1) is 5.47. The Morgan fingerprint density at radius 3 is 2.73 bits per heavy atom. The molecule has 0 bridgehead atoms. The summed E-state index contributed by atoms with van der Waals surface area (Å²) in [5, 5.41) is 13.0. The summed E-state index contributed by atoms with van der Waals surface area (Å²) in [6, 6.07) is 1.73. The van der Waals surface area contributed by atoms with Crippen molar-refractivity contribution >= 4 is 6.34 Å². The van der Waals surface area contributed by atoms with Gasteiger partial charge >= 0.3 is 0 Å². The Balaban J connectivity index is 2.23. The standard InChI is InChI=1S/C4H5N7/c1-2-6-11(7-3-1)10-4-5-8-9-10/h1-4H,(H,6,7)/p+1. The summed E-state index contributed by atoms with van der Waals surface area (Å²) in [7, 11) is 0. The Labute approximate surface area is 62.2 Å². The molecule has 0 aliphatic carbocycles. The van der Waals surface area contributed by atoms with E-state index in [9.17, 15) is 0 Å². The third kappa shape index (κ3) is 1.08. The molecule has 2 N–H and O–H groups in total. The summed E-state index contributed by atoms with van der Waals surface area (Å²) in [5.41, 5.74) is 5.19. The van der Waals surface area contributed by atoms with Crippen LogP contribution >= 0.6 is 0 Å². The van der Waals surface area contributed by atoms with Crippen molar-refractivity contribution in [1.29, 1.82) is 0 Å². The lowest BCUT2D eigenvalue weighted by molar-refractivity contribution is -0.797. The predicted molar refractivity (Wildman–Crippen MR) is 35.2 cm³/mol. The van der Waals surface area contributed by atoms with E-state index in [-0.39, 0.29) is 0 Å². The second-order valence-electron chi connectivity index (χ2n) is 1.80. The molecule has 0 fully saturated rings. The van der Waals surface area contributed by atoms with Crippen LogP contribution in [0.15, 0.2) is 23.6 Å². The van der Waals surface area contributed by atoms with Crippen molar-refractivity contribution in [2.45, 2.75) is 0 Å². The van der Waals surface area contributed by atoms with Crippen LogP contribution in [-0.2, 0) is 0 Å². The molecule has 1 aliphatic rings. The summed E-state index contributed by atoms with van der Waals surface area (Å²) in [4.78, 5) is 1.35. The second-order valence-corrected chi connectivity index (χ2v) is 1.80. The summed E-state index contributed by atoms with van der Waals surface area (Å²) in [6.45, 7) is 0. The van der Waals surface area contributed by atoms with Crippen molar-refractivity contribution in [2.75, 3.05) is 5.12 Å². The number of hydrogen-bond acceptors (Lipinski definition) is 6. The van der Waals surface area contributed by atoms with Gasteiger partial charge in [-0.2, -0.15) is 0 Å². The molecule has 1 aromatic heterocycles. The van der Waals surface area contributed by atoms with Crippen molar-refractivity contribution in [3.63, 3.8) is 0 Å². The Bertz CT molecular complexity index is 256. The van der Waals surface area contributed by atoms with Crippen LogP contribution in [0.3, 0.4) is 0 Å². The maximum Gasteiger partial charge on any atom is 0.200 e. The lowest BCUT2D eigenvalue weighted by atomic mass is 10.7. The van der Waals surface area contributed by atoms with E-state index in [1.165, 1.54) is 16.4 Å². The van der Waals surface area contributed by atoms with Gasteiger partial charge in [-0.15, -0.1) is 5.10 Å². The summed E-state index contributed by atoms with van der Waals surface area (Å²) in [5.74, 6) is 0. The van der Waals surface area contributed by atoms with Gasteiger partial charge in [0.2, 0.25) is 0 Å². The van der Waals surface area contributed by atoms with Crippen molar-refractivity contribution in [3.8, 4) is 0 Å². The number of nitrogens with one attached hydrogen (secondary N) is 2.